The van der Waals surface area contributed by atoms with Crippen LogP contribution < -0.4 is 10.1 Å². The first-order valence-electron chi connectivity index (χ1n) is 9.92. The van der Waals surface area contributed by atoms with E-state index in [1.807, 2.05) is 19.1 Å². The Bertz CT molecular complexity index is 837. The van der Waals surface area contributed by atoms with Crippen molar-refractivity contribution in [3.05, 3.63) is 46.6 Å². The number of nitrogens with zero attached hydrogens (tertiary/aromatic N) is 3. The van der Waals surface area contributed by atoms with E-state index in [-0.39, 0.29) is 5.41 Å². The van der Waals surface area contributed by atoms with Crippen molar-refractivity contribution in [2.45, 2.75) is 44.9 Å². The van der Waals surface area contributed by atoms with Gasteiger partial charge in [-0.1, -0.05) is 26.0 Å². The molecule has 1 aliphatic rings. The van der Waals surface area contributed by atoms with Crippen LogP contribution in [0.25, 0.3) is 0 Å². The summed E-state index contributed by atoms with van der Waals surface area (Å²) < 4.78 is 10.9. The highest BCUT2D eigenvalue weighted by molar-refractivity contribution is 5.57. The first kappa shape index (κ1) is 20.1. The number of nitrogens with one attached hydrogen (secondary N) is 1. The minimum absolute atomic E-state index is 0.0747. The number of hydrogen-bond acceptors (Lipinski definition) is 6. The number of methoxy groups -OCH3 is 1. The van der Waals surface area contributed by atoms with Crippen LogP contribution in [0.3, 0.4) is 0 Å². The molecule has 6 heteroatoms. The van der Waals surface area contributed by atoms with E-state index in [2.05, 4.69) is 40.6 Å². The van der Waals surface area contributed by atoms with Crippen molar-refractivity contribution in [2.75, 3.05) is 32.2 Å². The topological polar surface area (TPSA) is 80.1 Å². The van der Waals surface area contributed by atoms with Gasteiger partial charge in [-0.2, -0.15) is 10.4 Å². The zero-order valence-electron chi connectivity index (χ0n) is 16.9. The molecule has 1 aromatic carbocycles. The molecule has 0 saturated carbocycles. The Morgan fingerprint density at radius 2 is 1.86 bits per heavy atom. The smallest absolute Gasteiger partial charge is 0.166 e. The van der Waals surface area contributed by atoms with E-state index < -0.39 is 0 Å². The van der Waals surface area contributed by atoms with Crippen LogP contribution in [0, 0.1) is 11.3 Å². The Hall–Kier alpha value is -2.65. The fourth-order valence-corrected chi connectivity index (χ4v) is 3.94. The maximum absolute atomic E-state index is 9.73. The first-order valence-corrected chi connectivity index (χ1v) is 9.92. The van der Waals surface area contributed by atoms with Crippen molar-refractivity contribution < 1.29 is 9.47 Å². The van der Waals surface area contributed by atoms with Gasteiger partial charge >= 0.3 is 0 Å². The van der Waals surface area contributed by atoms with Gasteiger partial charge in [0.05, 0.1) is 12.8 Å². The Kier molecular flexibility index (Phi) is 6.48. The summed E-state index contributed by atoms with van der Waals surface area (Å²) in [4.78, 5) is 0. The molecule has 2 aromatic rings. The fraction of sp³-hybridized carbons (Fsp3) is 0.500. The number of rotatable bonds is 7. The van der Waals surface area contributed by atoms with Crippen LogP contribution in [0.1, 0.15) is 49.1 Å². The Morgan fingerprint density at radius 1 is 1.14 bits per heavy atom. The predicted molar refractivity (Wildman–Crippen MR) is 109 cm³/mol. The third-order valence-electron chi connectivity index (χ3n) is 5.70. The summed E-state index contributed by atoms with van der Waals surface area (Å²) in [6, 6.07) is 10.6. The lowest BCUT2D eigenvalue weighted by molar-refractivity contribution is 0.0543. The summed E-state index contributed by atoms with van der Waals surface area (Å²) >= 11 is 0. The van der Waals surface area contributed by atoms with Gasteiger partial charge in [-0.25, -0.2) is 0 Å². The molecule has 0 unspecified atom stereocenters. The van der Waals surface area contributed by atoms with Crippen molar-refractivity contribution in [2.24, 2.45) is 0 Å². The third kappa shape index (κ3) is 3.95. The van der Waals surface area contributed by atoms with E-state index in [1.54, 1.807) is 7.11 Å². The number of anilines is 1. The van der Waals surface area contributed by atoms with Crippen molar-refractivity contribution in [1.29, 1.82) is 5.26 Å². The second kappa shape index (κ2) is 9.03. The minimum Gasteiger partial charge on any atom is -0.497 e. The lowest BCUT2D eigenvalue weighted by Gasteiger charge is -2.38. The number of aryl methyl sites for hydroxylation is 1. The van der Waals surface area contributed by atoms with E-state index in [0.29, 0.717) is 17.9 Å². The standard InChI is InChI=1S/C22H28N4O2/c1-4-18-19(14-23)21(26-25-20(18)5-2)24-15-22(10-12-28-13-11-22)16-6-8-17(27-3)9-7-16/h6-9H,4-5,10-13,15H2,1-3H3,(H,24,26). The molecule has 0 radical (unpaired) electrons. The summed E-state index contributed by atoms with van der Waals surface area (Å²) in [6.07, 6.45) is 3.37. The van der Waals surface area contributed by atoms with Gasteiger partial charge in [-0.15, -0.1) is 5.10 Å². The highest BCUT2D eigenvalue weighted by Gasteiger charge is 2.35. The first-order chi connectivity index (χ1) is 13.7. The SMILES string of the molecule is CCc1nnc(NCC2(c3ccc(OC)cc3)CCOCC2)c(C#N)c1CC. The zero-order chi connectivity index (χ0) is 20.0. The molecule has 1 saturated heterocycles. The quantitative estimate of drug-likeness (QED) is 0.790. The van der Waals surface area contributed by atoms with E-state index in [9.17, 15) is 5.26 Å². The van der Waals surface area contributed by atoms with Gasteiger partial charge in [-0.3, -0.25) is 0 Å². The van der Waals surface area contributed by atoms with Crippen LogP contribution in [0.15, 0.2) is 24.3 Å². The summed E-state index contributed by atoms with van der Waals surface area (Å²) in [6.45, 7) is 6.22. The number of ether oxygens (including phenoxy) is 2. The molecular formula is C22H28N4O2. The highest BCUT2D eigenvalue weighted by atomic mass is 16.5. The molecule has 1 N–H and O–H groups in total. The van der Waals surface area contributed by atoms with Crippen LogP contribution in [0.4, 0.5) is 5.82 Å². The summed E-state index contributed by atoms with van der Waals surface area (Å²) in [5, 5.41) is 21.9. The lowest BCUT2D eigenvalue weighted by atomic mass is 9.74. The van der Waals surface area contributed by atoms with Crippen LogP contribution in [0.5, 0.6) is 5.75 Å². The Balaban J connectivity index is 1.90. The van der Waals surface area contributed by atoms with Crippen molar-refractivity contribution in [1.82, 2.24) is 10.2 Å². The lowest BCUT2D eigenvalue weighted by Crippen LogP contribution is -2.40. The maximum Gasteiger partial charge on any atom is 0.166 e. The Morgan fingerprint density at radius 3 is 2.43 bits per heavy atom. The molecule has 0 amide bonds. The molecule has 28 heavy (non-hydrogen) atoms. The van der Waals surface area contributed by atoms with Gasteiger partial charge in [-0.05, 0) is 48.9 Å². The van der Waals surface area contributed by atoms with Crippen molar-refractivity contribution >= 4 is 5.82 Å². The predicted octanol–water partition coefficient (Wildman–Crippen LogP) is 3.64. The molecule has 148 valence electrons. The van der Waals surface area contributed by atoms with Gasteiger partial charge < -0.3 is 14.8 Å². The molecule has 1 aromatic heterocycles. The van der Waals surface area contributed by atoms with Crippen LogP contribution >= 0.6 is 0 Å². The van der Waals surface area contributed by atoms with Gasteiger partial charge in [0, 0.05) is 25.2 Å². The number of benzene rings is 1. The molecule has 6 nitrogen and oxygen atoms in total. The molecule has 2 heterocycles. The van der Waals surface area contributed by atoms with Crippen LogP contribution in [-0.2, 0) is 23.0 Å². The van der Waals surface area contributed by atoms with E-state index in [1.165, 1.54) is 5.56 Å². The molecular weight excluding hydrogens is 352 g/mol. The fourth-order valence-electron chi connectivity index (χ4n) is 3.94. The van der Waals surface area contributed by atoms with Gasteiger partial charge in [0.15, 0.2) is 5.82 Å². The summed E-state index contributed by atoms with van der Waals surface area (Å²) in [5.41, 5.74) is 3.69. The van der Waals surface area contributed by atoms with Crippen LogP contribution in [-0.4, -0.2) is 37.1 Å². The average molecular weight is 380 g/mol. The molecule has 1 aliphatic heterocycles. The Labute approximate surface area is 166 Å². The zero-order valence-corrected chi connectivity index (χ0v) is 16.9. The van der Waals surface area contributed by atoms with E-state index >= 15 is 0 Å². The molecule has 0 spiro atoms. The van der Waals surface area contributed by atoms with Gasteiger partial charge in [0.1, 0.15) is 17.4 Å². The second-order valence-corrected chi connectivity index (χ2v) is 7.14. The largest absolute Gasteiger partial charge is 0.497 e. The molecule has 0 bridgehead atoms. The third-order valence-corrected chi connectivity index (χ3v) is 5.70. The van der Waals surface area contributed by atoms with E-state index in [4.69, 9.17) is 9.47 Å². The number of aromatic nitrogens is 2. The normalized spacial score (nSPS) is 15.6. The molecule has 0 aliphatic carbocycles. The molecule has 3 rings (SSSR count). The molecule has 0 atom stereocenters. The highest BCUT2D eigenvalue weighted by Crippen LogP contribution is 2.36. The maximum atomic E-state index is 9.73. The minimum atomic E-state index is -0.0747. The second-order valence-electron chi connectivity index (χ2n) is 7.14. The number of hydrogen-bond donors (Lipinski definition) is 1. The summed E-state index contributed by atoms with van der Waals surface area (Å²) in [7, 11) is 1.67. The molecule has 1 fully saturated rings. The summed E-state index contributed by atoms with van der Waals surface area (Å²) in [5.74, 6) is 1.43. The van der Waals surface area contributed by atoms with Gasteiger partial charge in [0.25, 0.3) is 0 Å². The van der Waals surface area contributed by atoms with Crippen molar-refractivity contribution in [3.8, 4) is 11.8 Å². The monoisotopic (exact) mass is 380 g/mol. The van der Waals surface area contributed by atoms with Gasteiger partial charge in [0.2, 0.25) is 0 Å². The number of nitriles is 1. The van der Waals surface area contributed by atoms with Crippen LogP contribution in [0.2, 0.25) is 0 Å². The average Bonchev–Trinajstić information content (AvgIpc) is 2.77. The van der Waals surface area contributed by atoms with E-state index in [0.717, 1.165) is 55.9 Å². The van der Waals surface area contributed by atoms with Crippen molar-refractivity contribution in [3.63, 3.8) is 0 Å².